The first kappa shape index (κ1) is 23.9. The Labute approximate surface area is 216 Å². The van der Waals surface area contributed by atoms with Gasteiger partial charge in [0.15, 0.2) is 17.2 Å². The van der Waals surface area contributed by atoms with Crippen molar-refractivity contribution in [3.8, 4) is 11.5 Å². The number of cyclic esters (lactones) is 1. The monoisotopic (exact) mass is 634 g/mol. The molecular formula is C24H16BrIN2O6. The van der Waals surface area contributed by atoms with E-state index >= 15 is 0 Å². The van der Waals surface area contributed by atoms with Crippen molar-refractivity contribution in [2.75, 3.05) is 7.11 Å². The van der Waals surface area contributed by atoms with Gasteiger partial charge in [-0.1, -0.05) is 15.9 Å². The molecule has 3 aromatic carbocycles. The minimum atomic E-state index is -0.537. The molecule has 8 nitrogen and oxygen atoms in total. The summed E-state index contributed by atoms with van der Waals surface area (Å²) in [4.78, 5) is 27.0. The Hall–Kier alpha value is -3.25. The number of esters is 1. The number of carbonyl (C=O) groups excluding carboxylic acids is 1. The van der Waals surface area contributed by atoms with Crippen LogP contribution in [0.1, 0.15) is 16.7 Å². The lowest BCUT2D eigenvalue weighted by atomic mass is 10.1. The predicted molar refractivity (Wildman–Crippen MR) is 138 cm³/mol. The maximum Gasteiger partial charge on any atom is 0.363 e. The third kappa shape index (κ3) is 5.45. The van der Waals surface area contributed by atoms with E-state index in [2.05, 4.69) is 43.5 Å². The van der Waals surface area contributed by atoms with Crippen LogP contribution in [0.25, 0.3) is 6.08 Å². The van der Waals surface area contributed by atoms with E-state index < -0.39 is 10.9 Å². The van der Waals surface area contributed by atoms with E-state index in [1.165, 1.54) is 19.2 Å². The summed E-state index contributed by atoms with van der Waals surface area (Å²) in [7, 11) is 1.52. The first-order valence-electron chi connectivity index (χ1n) is 9.86. The van der Waals surface area contributed by atoms with Crippen molar-refractivity contribution < 1.29 is 23.9 Å². The summed E-state index contributed by atoms with van der Waals surface area (Å²) in [5.41, 5.74) is 2.36. The lowest BCUT2D eigenvalue weighted by Crippen LogP contribution is -2.05. The van der Waals surface area contributed by atoms with Crippen LogP contribution in [0.3, 0.4) is 0 Å². The molecule has 10 heteroatoms. The molecule has 0 aromatic heterocycles. The van der Waals surface area contributed by atoms with Crippen molar-refractivity contribution in [2.24, 2.45) is 4.99 Å². The molecule has 0 saturated carbocycles. The fourth-order valence-electron chi connectivity index (χ4n) is 3.12. The summed E-state index contributed by atoms with van der Waals surface area (Å²) in [6.07, 6.45) is 1.62. The average molecular weight is 635 g/mol. The number of benzene rings is 3. The number of non-ortho nitro benzene ring substituents is 1. The smallest absolute Gasteiger partial charge is 0.363 e. The second kappa shape index (κ2) is 10.3. The average Bonchev–Trinajstić information content (AvgIpc) is 3.18. The summed E-state index contributed by atoms with van der Waals surface area (Å²) in [5, 5.41) is 10.8. The van der Waals surface area contributed by atoms with Crippen molar-refractivity contribution in [1.29, 1.82) is 0 Å². The third-order valence-corrected chi connectivity index (χ3v) is 6.13. The number of nitrogens with zero attached hydrogens (tertiary/aromatic N) is 2. The predicted octanol–water partition coefficient (Wildman–Crippen LogP) is 5.89. The van der Waals surface area contributed by atoms with Crippen LogP contribution >= 0.6 is 38.5 Å². The van der Waals surface area contributed by atoms with Crippen LogP contribution in [-0.4, -0.2) is 23.9 Å². The molecule has 0 unspecified atom stereocenters. The number of ether oxygens (including phenoxy) is 3. The lowest BCUT2D eigenvalue weighted by molar-refractivity contribution is -0.384. The third-order valence-electron chi connectivity index (χ3n) is 4.80. The molecule has 0 bridgehead atoms. The lowest BCUT2D eigenvalue weighted by Gasteiger charge is -2.13. The van der Waals surface area contributed by atoms with Gasteiger partial charge in [-0.3, -0.25) is 10.1 Å². The summed E-state index contributed by atoms with van der Waals surface area (Å²) in [5.74, 6) is 0.708. The number of halogens is 2. The minimum Gasteiger partial charge on any atom is -0.493 e. The number of nitro benzene ring substituents is 1. The normalized spacial score (nSPS) is 14.0. The molecule has 0 spiro atoms. The quantitative estimate of drug-likeness (QED) is 0.106. The second-order valence-corrected chi connectivity index (χ2v) is 9.17. The number of hydrogen-bond acceptors (Lipinski definition) is 7. The Bertz CT molecular complexity index is 1320. The molecule has 0 atom stereocenters. The number of rotatable bonds is 7. The van der Waals surface area contributed by atoms with Crippen molar-refractivity contribution in [1.82, 2.24) is 0 Å². The second-order valence-electron chi connectivity index (χ2n) is 7.09. The Kier molecular flexibility index (Phi) is 7.27. The standard InChI is InChI=1S/C24H16BrIN2O6/c1-32-21-12-15(11-20-24(29)34-23(27-20)16-4-6-17(25)7-5-16)10-19(26)22(21)33-13-14-2-8-18(9-3-14)28(30)31/h2-12H,13H2,1H3/b20-11-. The van der Waals surface area contributed by atoms with Crippen molar-refractivity contribution in [3.63, 3.8) is 0 Å². The Balaban J connectivity index is 1.55. The number of carbonyl (C=O) groups is 1. The highest BCUT2D eigenvalue weighted by molar-refractivity contribution is 14.1. The van der Waals surface area contributed by atoms with Crippen LogP contribution < -0.4 is 9.47 Å². The van der Waals surface area contributed by atoms with E-state index in [0.29, 0.717) is 22.6 Å². The molecule has 0 saturated heterocycles. The molecule has 4 rings (SSSR count). The number of methoxy groups -OCH3 is 1. The highest BCUT2D eigenvalue weighted by atomic mass is 127. The van der Waals surface area contributed by atoms with Crippen LogP contribution in [0, 0.1) is 13.7 Å². The summed E-state index contributed by atoms with van der Waals surface area (Å²) >= 11 is 5.49. The van der Waals surface area contributed by atoms with E-state index in [-0.39, 0.29) is 23.9 Å². The largest absolute Gasteiger partial charge is 0.493 e. The van der Waals surface area contributed by atoms with Gasteiger partial charge in [-0.15, -0.1) is 0 Å². The molecule has 34 heavy (non-hydrogen) atoms. The summed E-state index contributed by atoms with van der Waals surface area (Å²) in [6.45, 7) is 0.206. The van der Waals surface area contributed by atoms with E-state index in [4.69, 9.17) is 14.2 Å². The van der Waals surface area contributed by atoms with Crippen LogP contribution in [0.2, 0.25) is 0 Å². The van der Waals surface area contributed by atoms with Crippen LogP contribution in [0.15, 0.2) is 75.8 Å². The molecule has 1 aliphatic heterocycles. The van der Waals surface area contributed by atoms with Gasteiger partial charge in [0.1, 0.15) is 6.61 Å². The zero-order valence-electron chi connectivity index (χ0n) is 17.7. The van der Waals surface area contributed by atoms with Gasteiger partial charge in [-0.05, 0) is 88.3 Å². The Morgan fingerprint density at radius 2 is 1.85 bits per heavy atom. The Morgan fingerprint density at radius 1 is 1.15 bits per heavy atom. The van der Waals surface area contributed by atoms with E-state index in [9.17, 15) is 14.9 Å². The highest BCUT2D eigenvalue weighted by Crippen LogP contribution is 2.35. The molecule has 172 valence electrons. The molecule has 0 aliphatic carbocycles. The van der Waals surface area contributed by atoms with Crippen LogP contribution in [0.5, 0.6) is 11.5 Å². The topological polar surface area (TPSA) is 100 Å². The maximum absolute atomic E-state index is 12.3. The van der Waals surface area contributed by atoms with Crippen LogP contribution in [0.4, 0.5) is 5.69 Å². The van der Waals surface area contributed by atoms with Crippen molar-refractivity contribution in [2.45, 2.75) is 6.61 Å². The van der Waals surface area contributed by atoms with Gasteiger partial charge < -0.3 is 14.2 Å². The zero-order chi connectivity index (χ0) is 24.2. The number of nitro groups is 1. The van der Waals surface area contributed by atoms with E-state index in [1.807, 2.05) is 30.3 Å². The molecule has 1 heterocycles. The van der Waals surface area contributed by atoms with Crippen LogP contribution in [-0.2, 0) is 16.1 Å². The zero-order valence-corrected chi connectivity index (χ0v) is 21.4. The fourth-order valence-corrected chi connectivity index (χ4v) is 4.16. The highest BCUT2D eigenvalue weighted by Gasteiger charge is 2.24. The first-order valence-corrected chi connectivity index (χ1v) is 11.7. The SMILES string of the molecule is COc1cc(/C=C2\N=C(c3ccc(Br)cc3)OC2=O)cc(I)c1OCc1ccc([N+](=O)[O-])cc1. The molecule has 3 aromatic rings. The summed E-state index contributed by atoms with van der Waals surface area (Å²) < 4.78 is 18.4. The van der Waals surface area contributed by atoms with Crippen molar-refractivity contribution in [3.05, 3.63) is 101 Å². The van der Waals surface area contributed by atoms with Gasteiger partial charge in [0.25, 0.3) is 5.69 Å². The Morgan fingerprint density at radius 3 is 2.50 bits per heavy atom. The molecule has 0 amide bonds. The maximum atomic E-state index is 12.3. The first-order chi connectivity index (χ1) is 16.3. The summed E-state index contributed by atoms with van der Waals surface area (Å²) in [6, 6.07) is 17.0. The van der Waals surface area contributed by atoms with E-state index in [1.54, 1.807) is 24.3 Å². The molecule has 0 fully saturated rings. The fraction of sp³-hybridized carbons (Fsp3) is 0.0833. The molecule has 0 N–H and O–H groups in total. The van der Waals surface area contributed by atoms with Gasteiger partial charge in [0.05, 0.1) is 15.6 Å². The van der Waals surface area contributed by atoms with Gasteiger partial charge >= 0.3 is 5.97 Å². The molecular weight excluding hydrogens is 619 g/mol. The van der Waals surface area contributed by atoms with Gasteiger partial charge in [0, 0.05) is 22.2 Å². The number of hydrogen-bond donors (Lipinski definition) is 0. The van der Waals surface area contributed by atoms with Gasteiger partial charge in [0.2, 0.25) is 5.90 Å². The number of aliphatic imine (C=N–C) groups is 1. The van der Waals surface area contributed by atoms with Gasteiger partial charge in [-0.25, -0.2) is 9.79 Å². The van der Waals surface area contributed by atoms with E-state index in [0.717, 1.165) is 13.6 Å². The molecule has 0 radical (unpaired) electrons. The molecule has 1 aliphatic rings. The van der Waals surface area contributed by atoms with Crippen molar-refractivity contribution >= 4 is 62.2 Å². The minimum absolute atomic E-state index is 0.0182. The van der Waals surface area contributed by atoms with Gasteiger partial charge in [-0.2, -0.15) is 0 Å².